The number of fused-ring (bicyclic) bond motifs is 1. The highest BCUT2D eigenvalue weighted by Crippen LogP contribution is 2.15. The number of hydrogen-bond donors (Lipinski definition) is 1. The normalized spacial score (nSPS) is 16.6. The van der Waals surface area contributed by atoms with Gasteiger partial charge in [-0.15, -0.1) is 0 Å². The molecule has 0 radical (unpaired) electrons. The Morgan fingerprint density at radius 2 is 2.04 bits per heavy atom. The van der Waals surface area contributed by atoms with Crippen LogP contribution in [0.1, 0.15) is 38.4 Å². The number of aromatic nitrogens is 2. The van der Waals surface area contributed by atoms with Crippen molar-refractivity contribution in [2.24, 2.45) is 7.05 Å². The number of carbonyl (C=O) groups is 1. The zero-order valence-electron chi connectivity index (χ0n) is 14.8. The first-order valence-corrected chi connectivity index (χ1v) is 9.06. The summed E-state index contributed by atoms with van der Waals surface area (Å²) in [7, 11) is 2.03. The molecule has 1 aliphatic heterocycles. The van der Waals surface area contributed by atoms with Gasteiger partial charge in [-0.2, -0.15) is 0 Å². The number of rotatable bonds is 7. The van der Waals surface area contributed by atoms with Crippen molar-refractivity contribution in [1.82, 2.24) is 19.8 Å². The predicted molar refractivity (Wildman–Crippen MR) is 96.9 cm³/mol. The van der Waals surface area contributed by atoms with Crippen LogP contribution in [-0.4, -0.2) is 46.0 Å². The SMILES string of the molecule is C[C@H](CCC(=O)NCCc1nc2ccccc2n1C)N1CCCC1. The number of para-hydroxylation sites is 2. The lowest BCUT2D eigenvalue weighted by Crippen LogP contribution is -2.32. The summed E-state index contributed by atoms with van der Waals surface area (Å²) in [6.45, 7) is 5.26. The molecule has 5 heteroatoms. The summed E-state index contributed by atoms with van der Waals surface area (Å²) >= 11 is 0. The topological polar surface area (TPSA) is 50.2 Å². The molecule has 24 heavy (non-hydrogen) atoms. The van der Waals surface area contributed by atoms with Gasteiger partial charge in [0.2, 0.25) is 5.91 Å². The number of benzene rings is 1. The van der Waals surface area contributed by atoms with Crippen LogP contribution in [0.2, 0.25) is 0 Å². The molecule has 1 atom stereocenters. The largest absolute Gasteiger partial charge is 0.356 e. The maximum atomic E-state index is 12.1. The molecule has 1 aromatic heterocycles. The zero-order valence-corrected chi connectivity index (χ0v) is 14.8. The Kier molecular flexibility index (Phi) is 5.51. The van der Waals surface area contributed by atoms with Gasteiger partial charge in [-0.3, -0.25) is 4.79 Å². The summed E-state index contributed by atoms with van der Waals surface area (Å²) in [5.74, 6) is 1.17. The molecule has 3 rings (SSSR count). The lowest BCUT2D eigenvalue weighted by Gasteiger charge is -2.23. The van der Waals surface area contributed by atoms with Gasteiger partial charge in [0, 0.05) is 32.5 Å². The molecule has 0 saturated carbocycles. The Labute approximate surface area is 144 Å². The fourth-order valence-corrected chi connectivity index (χ4v) is 3.53. The lowest BCUT2D eigenvalue weighted by atomic mass is 10.1. The number of likely N-dealkylation sites (tertiary alicyclic amines) is 1. The standard InChI is InChI=1S/C19H28N4O/c1-15(23-13-5-6-14-23)9-10-19(24)20-12-11-18-21-16-7-3-4-8-17(16)22(18)2/h3-4,7-8,15H,5-6,9-14H2,1-2H3,(H,20,24)/t15-/m1/s1. The molecule has 0 spiro atoms. The summed E-state index contributed by atoms with van der Waals surface area (Å²) in [5, 5.41) is 3.04. The Morgan fingerprint density at radius 3 is 2.79 bits per heavy atom. The quantitative estimate of drug-likeness (QED) is 0.849. The van der Waals surface area contributed by atoms with Crippen LogP contribution in [0.5, 0.6) is 0 Å². The van der Waals surface area contributed by atoms with Crippen LogP contribution in [0, 0.1) is 0 Å². The van der Waals surface area contributed by atoms with E-state index in [4.69, 9.17) is 0 Å². The van der Waals surface area contributed by atoms with Crippen molar-refractivity contribution in [1.29, 1.82) is 0 Å². The van der Waals surface area contributed by atoms with Gasteiger partial charge in [0.15, 0.2) is 0 Å². The van der Waals surface area contributed by atoms with E-state index in [1.54, 1.807) is 0 Å². The lowest BCUT2D eigenvalue weighted by molar-refractivity contribution is -0.121. The molecular weight excluding hydrogens is 300 g/mol. The number of carbonyl (C=O) groups excluding carboxylic acids is 1. The van der Waals surface area contributed by atoms with Crippen LogP contribution in [0.4, 0.5) is 0 Å². The minimum Gasteiger partial charge on any atom is -0.356 e. The molecule has 5 nitrogen and oxygen atoms in total. The smallest absolute Gasteiger partial charge is 0.220 e. The molecule has 0 aliphatic carbocycles. The maximum absolute atomic E-state index is 12.1. The first kappa shape index (κ1) is 17.0. The first-order valence-electron chi connectivity index (χ1n) is 9.06. The second kappa shape index (κ2) is 7.79. The number of imidazole rings is 1. The number of nitrogens with one attached hydrogen (secondary N) is 1. The van der Waals surface area contributed by atoms with E-state index in [1.807, 2.05) is 25.2 Å². The minimum atomic E-state index is 0.153. The molecule has 1 aromatic carbocycles. The Hall–Kier alpha value is -1.88. The van der Waals surface area contributed by atoms with Crippen molar-refractivity contribution in [3.63, 3.8) is 0 Å². The fourth-order valence-electron chi connectivity index (χ4n) is 3.53. The third-order valence-electron chi connectivity index (χ3n) is 5.10. The molecule has 130 valence electrons. The molecule has 2 aromatic rings. The molecule has 0 unspecified atom stereocenters. The van der Waals surface area contributed by atoms with E-state index in [0.29, 0.717) is 19.0 Å². The number of aryl methyl sites for hydroxylation is 1. The van der Waals surface area contributed by atoms with E-state index >= 15 is 0 Å². The Bertz CT molecular complexity index is 688. The van der Waals surface area contributed by atoms with Crippen LogP contribution in [-0.2, 0) is 18.3 Å². The van der Waals surface area contributed by atoms with Gasteiger partial charge >= 0.3 is 0 Å². The van der Waals surface area contributed by atoms with E-state index in [-0.39, 0.29) is 5.91 Å². The minimum absolute atomic E-state index is 0.153. The van der Waals surface area contributed by atoms with Crippen molar-refractivity contribution >= 4 is 16.9 Å². The van der Waals surface area contributed by atoms with E-state index in [1.165, 1.54) is 25.9 Å². The van der Waals surface area contributed by atoms with Gasteiger partial charge < -0.3 is 14.8 Å². The molecule has 1 saturated heterocycles. The maximum Gasteiger partial charge on any atom is 0.220 e. The van der Waals surface area contributed by atoms with E-state index < -0.39 is 0 Å². The molecule has 1 fully saturated rings. The Morgan fingerprint density at radius 1 is 1.29 bits per heavy atom. The number of amides is 1. The van der Waals surface area contributed by atoms with Crippen LogP contribution in [0.15, 0.2) is 24.3 Å². The fraction of sp³-hybridized carbons (Fsp3) is 0.579. The van der Waals surface area contributed by atoms with Crippen molar-refractivity contribution in [3.05, 3.63) is 30.1 Å². The predicted octanol–water partition coefficient (Wildman–Crippen LogP) is 2.50. The van der Waals surface area contributed by atoms with Gasteiger partial charge in [-0.25, -0.2) is 4.98 Å². The van der Waals surface area contributed by atoms with E-state index in [2.05, 4.69) is 32.8 Å². The van der Waals surface area contributed by atoms with Gasteiger partial charge in [-0.1, -0.05) is 12.1 Å². The van der Waals surface area contributed by atoms with Gasteiger partial charge in [-0.05, 0) is 51.4 Å². The third kappa shape index (κ3) is 3.96. The van der Waals surface area contributed by atoms with Crippen molar-refractivity contribution in [2.75, 3.05) is 19.6 Å². The summed E-state index contributed by atoms with van der Waals surface area (Å²) < 4.78 is 2.11. The second-order valence-electron chi connectivity index (χ2n) is 6.81. The molecule has 1 amide bonds. The van der Waals surface area contributed by atoms with E-state index in [0.717, 1.165) is 29.7 Å². The van der Waals surface area contributed by atoms with Crippen LogP contribution >= 0.6 is 0 Å². The molecular formula is C19H28N4O. The highest BCUT2D eigenvalue weighted by molar-refractivity contribution is 5.76. The highest BCUT2D eigenvalue weighted by Gasteiger charge is 2.18. The van der Waals surface area contributed by atoms with E-state index in [9.17, 15) is 4.79 Å². The van der Waals surface area contributed by atoms with Gasteiger partial charge in [0.1, 0.15) is 5.82 Å². The highest BCUT2D eigenvalue weighted by atomic mass is 16.1. The zero-order chi connectivity index (χ0) is 16.9. The van der Waals surface area contributed by atoms with Crippen molar-refractivity contribution in [2.45, 2.75) is 45.1 Å². The number of nitrogens with zero attached hydrogens (tertiary/aromatic N) is 3. The number of hydrogen-bond acceptors (Lipinski definition) is 3. The van der Waals surface area contributed by atoms with Gasteiger partial charge in [0.05, 0.1) is 11.0 Å². The first-order chi connectivity index (χ1) is 11.6. The molecule has 0 bridgehead atoms. The summed E-state index contributed by atoms with van der Waals surface area (Å²) in [6.07, 6.45) is 4.92. The van der Waals surface area contributed by atoms with Crippen molar-refractivity contribution in [3.8, 4) is 0 Å². The molecule has 1 aliphatic rings. The van der Waals surface area contributed by atoms with Crippen LogP contribution < -0.4 is 5.32 Å². The monoisotopic (exact) mass is 328 g/mol. The third-order valence-corrected chi connectivity index (χ3v) is 5.10. The second-order valence-corrected chi connectivity index (χ2v) is 6.81. The average Bonchev–Trinajstić information content (AvgIpc) is 3.22. The average molecular weight is 328 g/mol. The summed E-state index contributed by atoms with van der Waals surface area (Å²) in [4.78, 5) is 19.2. The van der Waals surface area contributed by atoms with Gasteiger partial charge in [0.25, 0.3) is 0 Å². The molecule has 1 N–H and O–H groups in total. The van der Waals surface area contributed by atoms with Crippen molar-refractivity contribution < 1.29 is 4.79 Å². The molecule has 2 heterocycles. The van der Waals surface area contributed by atoms with Crippen LogP contribution in [0.25, 0.3) is 11.0 Å². The summed E-state index contributed by atoms with van der Waals surface area (Å²) in [5.41, 5.74) is 2.15. The Balaban J connectivity index is 1.42. The summed E-state index contributed by atoms with van der Waals surface area (Å²) in [6, 6.07) is 8.64. The van der Waals surface area contributed by atoms with Crippen LogP contribution in [0.3, 0.4) is 0 Å².